The third-order valence-electron chi connectivity index (χ3n) is 1.66. The molecule has 0 atom stereocenters. The monoisotopic (exact) mass is 168 g/mol. The first-order valence-electron chi connectivity index (χ1n) is 3.52. The summed E-state index contributed by atoms with van der Waals surface area (Å²) in [4.78, 5) is 18.7. The fourth-order valence-electron chi connectivity index (χ4n) is 1.10. The highest BCUT2D eigenvalue weighted by atomic mass is 28.4. The molecule has 0 saturated heterocycles. The maximum absolute atomic E-state index is 9.36. The van der Waals surface area contributed by atoms with E-state index in [0.717, 1.165) is 5.56 Å². The summed E-state index contributed by atoms with van der Waals surface area (Å²) in [5.74, 6) is 0. The van der Waals surface area contributed by atoms with E-state index < -0.39 is 8.56 Å². The van der Waals surface area contributed by atoms with Gasteiger partial charge in [-0.15, -0.1) is 0 Å². The molecule has 0 bridgehead atoms. The maximum atomic E-state index is 9.36. The highest BCUT2D eigenvalue weighted by molar-refractivity contribution is 6.77. The summed E-state index contributed by atoms with van der Waals surface area (Å²) in [5.41, 5.74) is 0.951. The van der Waals surface area contributed by atoms with E-state index in [4.69, 9.17) is 0 Å². The van der Waals surface area contributed by atoms with Crippen molar-refractivity contribution in [2.24, 2.45) is 0 Å². The summed E-state index contributed by atoms with van der Waals surface area (Å²) in [6.07, 6.45) is 0. The van der Waals surface area contributed by atoms with Crippen molar-refractivity contribution >= 4 is 13.7 Å². The van der Waals surface area contributed by atoms with Crippen LogP contribution in [-0.2, 0) is 0 Å². The van der Waals surface area contributed by atoms with Gasteiger partial charge in [-0.25, -0.2) is 0 Å². The second kappa shape index (κ2) is 2.77. The van der Waals surface area contributed by atoms with Crippen LogP contribution >= 0.6 is 0 Å². The van der Waals surface area contributed by atoms with E-state index in [2.05, 4.69) is 0 Å². The van der Waals surface area contributed by atoms with Gasteiger partial charge in [-0.05, 0) is 24.2 Å². The van der Waals surface area contributed by atoms with E-state index in [0.29, 0.717) is 5.19 Å². The number of rotatable bonds is 1. The molecule has 1 aromatic rings. The molecule has 0 unspecified atom stereocenters. The molecule has 0 radical (unpaired) electrons. The quantitative estimate of drug-likeness (QED) is 0.590. The Morgan fingerprint density at radius 1 is 1.18 bits per heavy atom. The molecule has 0 aliphatic carbocycles. The Labute approximate surface area is 67.4 Å². The van der Waals surface area contributed by atoms with Gasteiger partial charge >= 0.3 is 8.56 Å². The van der Waals surface area contributed by atoms with Crippen LogP contribution in [0.3, 0.4) is 0 Å². The van der Waals surface area contributed by atoms with E-state index in [-0.39, 0.29) is 0 Å². The maximum Gasteiger partial charge on any atom is 0.364 e. The SMILES string of the molecule is Cc1ccccc1[Si](C)(O)O. The van der Waals surface area contributed by atoms with Crippen LogP contribution in [0, 0.1) is 6.92 Å². The van der Waals surface area contributed by atoms with Crippen LogP contribution in [0.1, 0.15) is 5.56 Å². The molecule has 3 heteroatoms. The minimum absolute atomic E-state index is 0.694. The molecule has 1 rings (SSSR count). The smallest absolute Gasteiger partial charge is 0.364 e. The topological polar surface area (TPSA) is 40.5 Å². The molecule has 0 aliphatic heterocycles. The molecule has 2 nitrogen and oxygen atoms in total. The molecule has 0 aromatic heterocycles. The van der Waals surface area contributed by atoms with Crippen molar-refractivity contribution in [2.45, 2.75) is 13.5 Å². The van der Waals surface area contributed by atoms with Crippen molar-refractivity contribution in [3.8, 4) is 0 Å². The van der Waals surface area contributed by atoms with Crippen LogP contribution in [0.15, 0.2) is 24.3 Å². The van der Waals surface area contributed by atoms with Gasteiger partial charge in [-0.2, -0.15) is 0 Å². The van der Waals surface area contributed by atoms with E-state index in [1.165, 1.54) is 6.55 Å². The Bertz CT molecular complexity index is 253. The highest BCUT2D eigenvalue weighted by Crippen LogP contribution is 1.99. The average molecular weight is 168 g/mol. The lowest BCUT2D eigenvalue weighted by Gasteiger charge is -2.14. The average Bonchev–Trinajstić information content (AvgIpc) is 1.86. The van der Waals surface area contributed by atoms with Crippen LogP contribution < -0.4 is 5.19 Å². The van der Waals surface area contributed by atoms with Gasteiger partial charge in [0.2, 0.25) is 0 Å². The predicted octanol–water partition coefficient (Wildman–Crippen LogP) is 0.259. The molecule has 0 aliphatic rings. The Morgan fingerprint density at radius 3 is 2.09 bits per heavy atom. The van der Waals surface area contributed by atoms with Crippen molar-refractivity contribution in [1.29, 1.82) is 0 Å². The largest absolute Gasteiger partial charge is 0.408 e. The molecule has 11 heavy (non-hydrogen) atoms. The van der Waals surface area contributed by atoms with Gasteiger partial charge in [0.1, 0.15) is 0 Å². The van der Waals surface area contributed by atoms with E-state index in [1.807, 2.05) is 25.1 Å². The van der Waals surface area contributed by atoms with Gasteiger partial charge in [-0.1, -0.05) is 24.3 Å². The molecule has 0 amide bonds. The first-order valence-corrected chi connectivity index (χ1v) is 5.92. The lowest BCUT2D eigenvalue weighted by atomic mass is 10.2. The molecule has 1 aromatic carbocycles. The van der Waals surface area contributed by atoms with Gasteiger partial charge in [0.15, 0.2) is 0 Å². The van der Waals surface area contributed by atoms with Crippen LogP contribution in [0.4, 0.5) is 0 Å². The second-order valence-electron chi connectivity index (χ2n) is 2.84. The highest BCUT2D eigenvalue weighted by Gasteiger charge is 2.25. The Balaban J connectivity index is 3.14. The van der Waals surface area contributed by atoms with Crippen LogP contribution in [0.2, 0.25) is 6.55 Å². The van der Waals surface area contributed by atoms with Crippen molar-refractivity contribution in [1.82, 2.24) is 0 Å². The Kier molecular flexibility index (Phi) is 2.13. The van der Waals surface area contributed by atoms with Gasteiger partial charge < -0.3 is 9.59 Å². The van der Waals surface area contributed by atoms with Gasteiger partial charge in [0.25, 0.3) is 0 Å². The summed E-state index contributed by atoms with van der Waals surface area (Å²) in [6, 6.07) is 7.35. The predicted molar refractivity (Wildman–Crippen MR) is 46.9 cm³/mol. The summed E-state index contributed by atoms with van der Waals surface area (Å²) in [5, 5.41) is 0.694. The van der Waals surface area contributed by atoms with Crippen molar-refractivity contribution in [3.63, 3.8) is 0 Å². The summed E-state index contributed by atoms with van der Waals surface area (Å²) >= 11 is 0. The molecular weight excluding hydrogens is 156 g/mol. The Morgan fingerprint density at radius 2 is 1.73 bits per heavy atom. The van der Waals surface area contributed by atoms with E-state index >= 15 is 0 Å². The third-order valence-corrected chi connectivity index (χ3v) is 3.24. The van der Waals surface area contributed by atoms with Crippen molar-refractivity contribution in [2.75, 3.05) is 0 Å². The fraction of sp³-hybridized carbons (Fsp3) is 0.250. The van der Waals surface area contributed by atoms with E-state index in [9.17, 15) is 9.59 Å². The minimum atomic E-state index is -3.08. The van der Waals surface area contributed by atoms with Gasteiger partial charge in [-0.3, -0.25) is 0 Å². The molecule has 60 valence electrons. The zero-order chi connectivity index (χ0) is 8.48. The first kappa shape index (κ1) is 8.45. The molecule has 2 N–H and O–H groups in total. The molecule has 0 fully saturated rings. The third kappa shape index (κ3) is 1.89. The number of aryl methyl sites for hydroxylation is 1. The summed E-state index contributed by atoms with van der Waals surface area (Å²) in [6.45, 7) is 3.38. The van der Waals surface area contributed by atoms with Crippen LogP contribution in [0.25, 0.3) is 0 Å². The second-order valence-corrected chi connectivity index (χ2v) is 5.42. The summed E-state index contributed by atoms with van der Waals surface area (Å²) in [7, 11) is -3.08. The lowest BCUT2D eigenvalue weighted by molar-refractivity contribution is 0.391. The standard InChI is InChI=1S/C8H12O2Si/c1-7-5-3-4-6-8(7)11(2,9)10/h3-6,9-10H,1-2H3. The van der Waals surface area contributed by atoms with Crippen molar-refractivity contribution in [3.05, 3.63) is 29.8 Å². The molecule has 0 heterocycles. The lowest BCUT2D eigenvalue weighted by Crippen LogP contribution is -2.46. The zero-order valence-corrected chi connectivity index (χ0v) is 7.70. The zero-order valence-electron chi connectivity index (χ0n) is 6.70. The minimum Gasteiger partial charge on any atom is -0.408 e. The van der Waals surface area contributed by atoms with Crippen LogP contribution in [0.5, 0.6) is 0 Å². The van der Waals surface area contributed by atoms with E-state index in [1.54, 1.807) is 6.07 Å². The normalized spacial score (nSPS) is 11.6. The van der Waals surface area contributed by atoms with Crippen LogP contribution in [-0.4, -0.2) is 18.2 Å². The van der Waals surface area contributed by atoms with Crippen molar-refractivity contribution < 1.29 is 9.59 Å². The molecule has 0 saturated carbocycles. The van der Waals surface area contributed by atoms with Gasteiger partial charge in [0.05, 0.1) is 0 Å². The number of benzene rings is 1. The molecule has 0 spiro atoms. The summed E-state index contributed by atoms with van der Waals surface area (Å²) < 4.78 is 0. The first-order chi connectivity index (χ1) is 5.02. The Hall–Kier alpha value is -0.643. The fourth-order valence-corrected chi connectivity index (χ4v) is 2.35. The molecular formula is C8H12O2Si. The van der Waals surface area contributed by atoms with Gasteiger partial charge in [0, 0.05) is 0 Å². The number of hydrogen-bond acceptors (Lipinski definition) is 2. The number of hydrogen-bond donors (Lipinski definition) is 2.